The van der Waals surface area contributed by atoms with Crippen LogP contribution in [0.4, 0.5) is 4.79 Å². The van der Waals surface area contributed by atoms with Crippen molar-refractivity contribution in [1.29, 1.82) is 0 Å². The number of ether oxygens (including phenoxy) is 1. The zero-order chi connectivity index (χ0) is 15.3. The molecular weight excluding hydrogens is 286 g/mol. The average Bonchev–Trinajstić information content (AvgIpc) is 2.80. The van der Waals surface area contributed by atoms with Gasteiger partial charge in [-0.3, -0.25) is 0 Å². The quantitative estimate of drug-likeness (QED) is 0.879. The van der Waals surface area contributed by atoms with Crippen molar-refractivity contribution in [3.8, 4) is 0 Å². The largest absolute Gasteiger partial charge is 0.444 e. The number of fused-ring (bicyclic) bond motifs is 1. The molecule has 0 saturated carbocycles. The van der Waals surface area contributed by atoms with Crippen molar-refractivity contribution in [2.45, 2.75) is 32.0 Å². The van der Waals surface area contributed by atoms with Gasteiger partial charge in [0.1, 0.15) is 11.2 Å². The summed E-state index contributed by atoms with van der Waals surface area (Å²) in [7, 11) is 0. The second-order valence-electron chi connectivity index (χ2n) is 6.51. The third kappa shape index (κ3) is 2.63. The molecule has 4 nitrogen and oxygen atoms in total. The Balaban J connectivity index is 1.77. The lowest BCUT2D eigenvalue weighted by Gasteiger charge is -2.46. The normalized spacial score (nSPS) is 17.6. The van der Waals surface area contributed by atoms with E-state index in [1.165, 1.54) is 4.90 Å². The van der Waals surface area contributed by atoms with Gasteiger partial charge >= 0.3 is 6.09 Å². The summed E-state index contributed by atoms with van der Waals surface area (Å²) in [5.41, 5.74) is -0.588. The van der Waals surface area contributed by atoms with Gasteiger partial charge in [-0.2, -0.15) is 0 Å². The summed E-state index contributed by atoms with van der Waals surface area (Å²) in [5.74, 6) is 0. The minimum Gasteiger partial charge on any atom is -0.444 e. The number of aliphatic hydroxyl groups is 1. The van der Waals surface area contributed by atoms with Crippen LogP contribution in [-0.2, 0) is 10.3 Å². The Morgan fingerprint density at radius 2 is 2.05 bits per heavy atom. The van der Waals surface area contributed by atoms with Gasteiger partial charge in [0.25, 0.3) is 0 Å². The van der Waals surface area contributed by atoms with E-state index in [9.17, 15) is 9.90 Å². The molecule has 2 heterocycles. The zero-order valence-corrected chi connectivity index (χ0v) is 13.2. The number of thiophene rings is 1. The predicted molar refractivity (Wildman–Crippen MR) is 83.5 cm³/mol. The Labute approximate surface area is 127 Å². The third-order valence-corrected chi connectivity index (χ3v) is 4.50. The minimum atomic E-state index is -0.971. The van der Waals surface area contributed by atoms with Crippen LogP contribution in [0.25, 0.3) is 10.1 Å². The fraction of sp³-hybridized carbons (Fsp3) is 0.438. The van der Waals surface area contributed by atoms with Crippen molar-refractivity contribution < 1.29 is 14.6 Å². The van der Waals surface area contributed by atoms with E-state index in [1.54, 1.807) is 11.3 Å². The lowest BCUT2D eigenvalue weighted by atomic mass is 9.86. The lowest BCUT2D eigenvalue weighted by molar-refractivity contribution is -0.102. The fourth-order valence-corrected chi connectivity index (χ4v) is 3.58. The van der Waals surface area contributed by atoms with E-state index in [4.69, 9.17) is 4.74 Å². The average molecular weight is 305 g/mol. The van der Waals surface area contributed by atoms with Crippen molar-refractivity contribution in [2.75, 3.05) is 13.1 Å². The Morgan fingerprint density at radius 3 is 2.71 bits per heavy atom. The van der Waals surface area contributed by atoms with Crippen LogP contribution in [0.5, 0.6) is 0 Å². The third-order valence-electron chi connectivity index (χ3n) is 3.54. The van der Waals surface area contributed by atoms with Gasteiger partial charge in [-0.1, -0.05) is 18.2 Å². The van der Waals surface area contributed by atoms with Crippen LogP contribution in [0, 0.1) is 0 Å². The number of hydrogen-bond donors (Lipinski definition) is 1. The molecule has 0 atom stereocenters. The molecule has 1 aromatic heterocycles. The van der Waals surface area contributed by atoms with Gasteiger partial charge in [0.05, 0.1) is 13.1 Å². The van der Waals surface area contributed by atoms with Gasteiger partial charge in [0.15, 0.2) is 0 Å². The number of nitrogens with zero attached hydrogens (tertiary/aromatic N) is 1. The van der Waals surface area contributed by atoms with Crippen molar-refractivity contribution >= 4 is 27.5 Å². The van der Waals surface area contributed by atoms with Crippen LogP contribution in [-0.4, -0.2) is 34.8 Å². The van der Waals surface area contributed by atoms with Gasteiger partial charge in [0, 0.05) is 10.3 Å². The second kappa shape index (κ2) is 4.71. The maximum absolute atomic E-state index is 12.0. The number of likely N-dealkylation sites (tertiary alicyclic amines) is 1. The molecule has 1 aliphatic heterocycles. The summed E-state index contributed by atoms with van der Waals surface area (Å²) in [6.45, 7) is 6.06. The second-order valence-corrected chi connectivity index (χ2v) is 7.43. The summed E-state index contributed by atoms with van der Waals surface area (Å²) in [5, 5.41) is 13.9. The molecular formula is C16H19NO3S. The van der Waals surface area contributed by atoms with Gasteiger partial charge in [-0.15, -0.1) is 11.3 Å². The molecule has 5 heteroatoms. The Bertz CT molecular complexity index is 680. The summed E-state index contributed by atoms with van der Waals surface area (Å²) in [4.78, 5) is 13.5. The van der Waals surface area contributed by atoms with E-state index < -0.39 is 11.2 Å². The first-order valence-electron chi connectivity index (χ1n) is 6.96. The first kappa shape index (κ1) is 14.4. The Kier molecular flexibility index (Phi) is 3.22. The highest BCUT2D eigenvalue weighted by Crippen LogP contribution is 2.38. The van der Waals surface area contributed by atoms with E-state index in [2.05, 4.69) is 0 Å². The molecule has 1 aliphatic rings. The van der Waals surface area contributed by atoms with Crippen molar-refractivity contribution in [2.24, 2.45) is 0 Å². The number of amides is 1. The van der Waals surface area contributed by atoms with Crippen LogP contribution in [0.15, 0.2) is 29.6 Å². The van der Waals surface area contributed by atoms with Crippen LogP contribution in [0.2, 0.25) is 0 Å². The standard InChI is InChI=1S/C16H19NO3S/c1-15(2,3)20-14(18)17-9-16(19,10-17)12-6-4-5-11-7-8-21-13(11)12/h4-8,19H,9-10H2,1-3H3. The molecule has 21 heavy (non-hydrogen) atoms. The molecule has 1 N–H and O–H groups in total. The van der Waals surface area contributed by atoms with E-state index in [1.807, 2.05) is 50.4 Å². The molecule has 0 aliphatic carbocycles. The highest BCUT2D eigenvalue weighted by atomic mass is 32.1. The molecule has 0 unspecified atom stereocenters. The van der Waals surface area contributed by atoms with Crippen molar-refractivity contribution in [3.05, 3.63) is 35.2 Å². The van der Waals surface area contributed by atoms with Crippen molar-refractivity contribution in [1.82, 2.24) is 4.90 Å². The smallest absolute Gasteiger partial charge is 0.410 e. The van der Waals surface area contributed by atoms with Crippen LogP contribution >= 0.6 is 11.3 Å². The monoisotopic (exact) mass is 305 g/mol. The maximum atomic E-state index is 12.0. The zero-order valence-electron chi connectivity index (χ0n) is 12.4. The number of benzene rings is 1. The molecule has 112 valence electrons. The number of β-amino-alcohol motifs (C(OH)–C–C–N with tert-alkyl or cyclic N) is 1. The van der Waals surface area contributed by atoms with E-state index in [0.717, 1.165) is 15.6 Å². The molecule has 3 rings (SSSR count). The number of carbonyl (C=O) groups excluding carboxylic acids is 1. The Morgan fingerprint density at radius 1 is 1.33 bits per heavy atom. The highest BCUT2D eigenvalue weighted by Gasteiger charge is 2.47. The summed E-state index contributed by atoms with van der Waals surface area (Å²) >= 11 is 1.62. The molecule has 2 aromatic rings. The number of hydrogen-bond acceptors (Lipinski definition) is 4. The molecule has 0 bridgehead atoms. The van der Waals surface area contributed by atoms with Crippen molar-refractivity contribution in [3.63, 3.8) is 0 Å². The van der Waals surface area contributed by atoms with Crippen LogP contribution in [0.3, 0.4) is 0 Å². The number of carbonyl (C=O) groups is 1. The minimum absolute atomic E-state index is 0.277. The summed E-state index contributed by atoms with van der Waals surface area (Å²) < 4.78 is 6.41. The molecule has 1 saturated heterocycles. The van der Waals surface area contributed by atoms with Gasteiger partial charge in [-0.05, 0) is 37.6 Å². The SMILES string of the molecule is CC(C)(C)OC(=O)N1CC(O)(c2cccc3ccsc23)C1. The van der Waals surface area contributed by atoms with E-state index in [-0.39, 0.29) is 19.2 Å². The van der Waals surface area contributed by atoms with E-state index >= 15 is 0 Å². The molecule has 1 amide bonds. The van der Waals surface area contributed by atoms with Crippen LogP contribution < -0.4 is 0 Å². The predicted octanol–water partition coefficient (Wildman–Crippen LogP) is 3.34. The topological polar surface area (TPSA) is 49.8 Å². The lowest BCUT2D eigenvalue weighted by Crippen LogP contribution is -2.61. The van der Waals surface area contributed by atoms with Gasteiger partial charge in [0.2, 0.25) is 0 Å². The summed E-state index contributed by atoms with van der Waals surface area (Å²) in [6, 6.07) is 7.95. The summed E-state index contributed by atoms with van der Waals surface area (Å²) in [6.07, 6.45) is -0.370. The molecule has 1 aromatic carbocycles. The maximum Gasteiger partial charge on any atom is 0.410 e. The highest BCUT2D eigenvalue weighted by molar-refractivity contribution is 7.17. The van der Waals surface area contributed by atoms with Gasteiger partial charge < -0.3 is 14.7 Å². The number of rotatable bonds is 1. The first-order valence-corrected chi connectivity index (χ1v) is 7.83. The Hall–Kier alpha value is -1.59. The molecule has 0 radical (unpaired) electrons. The molecule has 0 spiro atoms. The van der Waals surface area contributed by atoms with Gasteiger partial charge in [-0.25, -0.2) is 4.79 Å². The van der Waals surface area contributed by atoms with Crippen LogP contribution in [0.1, 0.15) is 26.3 Å². The molecule has 1 fully saturated rings. The first-order chi connectivity index (χ1) is 9.78. The van der Waals surface area contributed by atoms with E-state index in [0.29, 0.717) is 0 Å². The fourth-order valence-electron chi connectivity index (χ4n) is 2.57.